The first kappa shape index (κ1) is 18.3. The maximum Gasteiger partial charge on any atom is 0.259 e. The monoisotopic (exact) mass is 397 g/mol. The van der Waals surface area contributed by atoms with Crippen molar-refractivity contribution in [2.45, 2.75) is 12.8 Å². The van der Waals surface area contributed by atoms with Crippen molar-refractivity contribution < 1.29 is 9.59 Å². The van der Waals surface area contributed by atoms with Gasteiger partial charge >= 0.3 is 0 Å². The predicted octanol–water partition coefficient (Wildman–Crippen LogP) is 2.65. The van der Waals surface area contributed by atoms with Gasteiger partial charge in [0.2, 0.25) is 5.91 Å². The van der Waals surface area contributed by atoms with Gasteiger partial charge in [0.25, 0.3) is 5.91 Å². The van der Waals surface area contributed by atoms with Gasteiger partial charge in [0.1, 0.15) is 5.56 Å². The zero-order valence-corrected chi connectivity index (χ0v) is 15.9. The van der Waals surface area contributed by atoms with E-state index in [1.807, 2.05) is 41.2 Å². The molecule has 1 aromatic carbocycles. The van der Waals surface area contributed by atoms with Crippen molar-refractivity contribution in [1.29, 1.82) is 0 Å². The first-order valence-electron chi connectivity index (χ1n) is 9.10. The molecule has 0 bridgehead atoms. The molecule has 1 aliphatic heterocycles. The molecule has 3 heterocycles. The van der Waals surface area contributed by atoms with Crippen LogP contribution < -0.4 is 5.73 Å². The third-order valence-electron chi connectivity index (χ3n) is 5.08. The first-order chi connectivity index (χ1) is 13.5. The number of carbonyl (C=O) groups excluding carboxylic acids is 2. The number of likely N-dealkylation sites (tertiary alicyclic amines) is 1. The molecular weight excluding hydrogens is 378 g/mol. The van der Waals surface area contributed by atoms with Gasteiger partial charge in [-0.2, -0.15) is 5.10 Å². The van der Waals surface area contributed by atoms with Crippen LogP contribution in [0.5, 0.6) is 0 Å². The Morgan fingerprint density at radius 1 is 1.07 bits per heavy atom. The number of halogens is 1. The summed E-state index contributed by atoms with van der Waals surface area (Å²) in [5.41, 5.74) is 6.71. The molecule has 4 rings (SSSR count). The number of primary amides is 1. The smallest absolute Gasteiger partial charge is 0.259 e. The van der Waals surface area contributed by atoms with Crippen molar-refractivity contribution >= 4 is 23.4 Å². The minimum Gasteiger partial charge on any atom is -0.369 e. The normalized spacial score (nSPS) is 15.0. The summed E-state index contributed by atoms with van der Waals surface area (Å²) in [5, 5.41) is 5.09. The van der Waals surface area contributed by atoms with Crippen LogP contribution in [0.3, 0.4) is 0 Å². The van der Waals surface area contributed by atoms with E-state index in [0.717, 1.165) is 5.69 Å². The molecule has 0 radical (unpaired) electrons. The molecular formula is C20H20ClN5O2. The van der Waals surface area contributed by atoms with Gasteiger partial charge in [-0.15, -0.1) is 0 Å². The van der Waals surface area contributed by atoms with Crippen LogP contribution in [-0.4, -0.2) is 44.2 Å². The quantitative estimate of drug-likeness (QED) is 0.734. The Kier molecular flexibility index (Phi) is 4.92. The van der Waals surface area contributed by atoms with Gasteiger partial charge in [0.05, 0.1) is 11.9 Å². The lowest BCUT2D eigenvalue weighted by atomic mass is 9.96. The Balaban J connectivity index is 1.69. The Labute approximate surface area is 167 Å². The minimum atomic E-state index is -0.296. The van der Waals surface area contributed by atoms with E-state index in [4.69, 9.17) is 17.3 Å². The van der Waals surface area contributed by atoms with E-state index >= 15 is 0 Å². The predicted molar refractivity (Wildman–Crippen MR) is 106 cm³/mol. The third kappa shape index (κ3) is 3.41. The fraction of sp³-hybridized carbons (Fsp3) is 0.250. The SMILES string of the molecule is NC(=O)C1CCN(C(=O)c2cnn(-c3ccc(Cl)cc3)c2-n2cccc2)CC1. The van der Waals surface area contributed by atoms with Gasteiger partial charge in [0, 0.05) is 36.4 Å². The molecule has 7 nitrogen and oxygen atoms in total. The van der Waals surface area contributed by atoms with Crippen LogP contribution in [0.25, 0.3) is 11.5 Å². The van der Waals surface area contributed by atoms with Gasteiger partial charge in [0.15, 0.2) is 5.82 Å². The Bertz CT molecular complexity index is 986. The van der Waals surface area contributed by atoms with Crippen molar-refractivity contribution in [3.63, 3.8) is 0 Å². The second-order valence-electron chi connectivity index (χ2n) is 6.83. The maximum atomic E-state index is 13.2. The molecule has 2 N–H and O–H groups in total. The highest BCUT2D eigenvalue weighted by molar-refractivity contribution is 6.30. The molecule has 0 saturated carbocycles. The zero-order valence-electron chi connectivity index (χ0n) is 15.2. The molecule has 2 aromatic heterocycles. The molecule has 3 aromatic rings. The van der Waals surface area contributed by atoms with E-state index in [1.54, 1.807) is 27.9 Å². The molecule has 1 saturated heterocycles. The highest BCUT2D eigenvalue weighted by atomic mass is 35.5. The molecule has 1 aliphatic rings. The number of nitrogens with zero attached hydrogens (tertiary/aromatic N) is 4. The molecule has 0 atom stereocenters. The number of hydrogen-bond donors (Lipinski definition) is 1. The lowest BCUT2D eigenvalue weighted by Crippen LogP contribution is -2.41. The molecule has 8 heteroatoms. The van der Waals surface area contributed by atoms with Crippen molar-refractivity contribution in [3.8, 4) is 11.5 Å². The second kappa shape index (κ2) is 7.52. The largest absolute Gasteiger partial charge is 0.369 e. The zero-order chi connectivity index (χ0) is 19.7. The van der Waals surface area contributed by atoms with Crippen LogP contribution in [0.4, 0.5) is 0 Å². The first-order valence-corrected chi connectivity index (χ1v) is 9.48. The number of benzene rings is 1. The van der Waals surface area contributed by atoms with Gasteiger partial charge in [-0.25, -0.2) is 4.68 Å². The summed E-state index contributed by atoms with van der Waals surface area (Å²) in [7, 11) is 0. The van der Waals surface area contributed by atoms with Gasteiger partial charge < -0.3 is 15.2 Å². The van der Waals surface area contributed by atoms with E-state index in [2.05, 4.69) is 5.10 Å². The molecule has 2 amide bonds. The molecule has 28 heavy (non-hydrogen) atoms. The average Bonchev–Trinajstić information content (AvgIpc) is 3.37. The summed E-state index contributed by atoms with van der Waals surface area (Å²) in [5.74, 6) is 0.0987. The van der Waals surface area contributed by atoms with E-state index < -0.39 is 0 Å². The lowest BCUT2D eigenvalue weighted by Gasteiger charge is -2.30. The second-order valence-corrected chi connectivity index (χ2v) is 7.27. The summed E-state index contributed by atoms with van der Waals surface area (Å²) in [6, 6.07) is 11.1. The van der Waals surface area contributed by atoms with Gasteiger partial charge in [-0.3, -0.25) is 9.59 Å². The van der Waals surface area contributed by atoms with E-state index in [1.165, 1.54) is 0 Å². The van der Waals surface area contributed by atoms with Gasteiger partial charge in [-0.05, 0) is 49.2 Å². The Morgan fingerprint density at radius 3 is 2.32 bits per heavy atom. The van der Waals surface area contributed by atoms with Crippen molar-refractivity contribution in [2.75, 3.05) is 13.1 Å². The number of aromatic nitrogens is 3. The molecule has 0 aliphatic carbocycles. The topological polar surface area (TPSA) is 86.2 Å². The molecule has 144 valence electrons. The van der Waals surface area contributed by atoms with Crippen LogP contribution in [0.1, 0.15) is 23.2 Å². The van der Waals surface area contributed by atoms with Crippen molar-refractivity contribution in [2.24, 2.45) is 11.7 Å². The van der Waals surface area contributed by atoms with E-state index in [9.17, 15) is 9.59 Å². The fourth-order valence-electron chi connectivity index (χ4n) is 3.53. The summed E-state index contributed by atoms with van der Waals surface area (Å²) < 4.78 is 3.59. The van der Waals surface area contributed by atoms with E-state index in [-0.39, 0.29) is 17.7 Å². The van der Waals surface area contributed by atoms with Gasteiger partial charge in [-0.1, -0.05) is 11.6 Å². The number of carbonyl (C=O) groups is 2. The van der Waals surface area contributed by atoms with Crippen LogP contribution in [0, 0.1) is 5.92 Å². The number of piperidine rings is 1. The van der Waals surface area contributed by atoms with Crippen LogP contribution in [-0.2, 0) is 4.79 Å². The number of hydrogen-bond acceptors (Lipinski definition) is 3. The number of amides is 2. The number of nitrogens with two attached hydrogens (primary N) is 1. The van der Waals surface area contributed by atoms with Crippen molar-refractivity contribution in [3.05, 3.63) is 65.6 Å². The highest BCUT2D eigenvalue weighted by Crippen LogP contribution is 2.24. The van der Waals surface area contributed by atoms with Crippen LogP contribution in [0.2, 0.25) is 5.02 Å². The fourth-order valence-corrected chi connectivity index (χ4v) is 3.65. The summed E-state index contributed by atoms with van der Waals surface area (Å²) >= 11 is 6.00. The van der Waals surface area contributed by atoms with Crippen molar-refractivity contribution in [1.82, 2.24) is 19.2 Å². The number of rotatable bonds is 4. The highest BCUT2D eigenvalue weighted by Gasteiger charge is 2.29. The maximum absolute atomic E-state index is 13.2. The summed E-state index contributed by atoms with van der Waals surface area (Å²) in [6.07, 6.45) is 6.52. The standard InChI is InChI=1S/C20H20ClN5O2/c21-15-3-5-16(6-4-15)26-19(24-9-1-2-10-24)17(13-23-26)20(28)25-11-7-14(8-12-25)18(22)27/h1-6,9-10,13-14H,7-8,11-12H2,(H2,22,27). The van der Waals surface area contributed by atoms with Crippen LogP contribution >= 0.6 is 11.6 Å². The molecule has 0 spiro atoms. The molecule has 0 unspecified atom stereocenters. The Hall–Kier alpha value is -3.06. The lowest BCUT2D eigenvalue weighted by molar-refractivity contribution is -0.123. The third-order valence-corrected chi connectivity index (χ3v) is 5.33. The average molecular weight is 398 g/mol. The van der Waals surface area contributed by atoms with Crippen LogP contribution in [0.15, 0.2) is 55.0 Å². The summed E-state index contributed by atoms with van der Waals surface area (Å²) in [4.78, 5) is 26.4. The molecule has 1 fully saturated rings. The minimum absolute atomic E-state index is 0.105. The van der Waals surface area contributed by atoms with E-state index in [0.29, 0.717) is 42.3 Å². The Morgan fingerprint density at radius 2 is 1.71 bits per heavy atom. The summed E-state index contributed by atoms with van der Waals surface area (Å²) in [6.45, 7) is 1.01.